The molecule has 0 aliphatic heterocycles. The molecule has 2 rings (SSSR count). The summed E-state index contributed by atoms with van der Waals surface area (Å²) in [5, 5.41) is 0. The Hall–Kier alpha value is -1.59. The van der Waals surface area contributed by atoms with Crippen molar-refractivity contribution in [3.8, 4) is 0 Å². The zero-order valence-corrected chi connectivity index (χ0v) is 14.3. The van der Waals surface area contributed by atoms with E-state index in [1.54, 1.807) is 6.20 Å². The largest absolute Gasteiger partial charge is 0.416 e. The summed E-state index contributed by atoms with van der Waals surface area (Å²) in [6.07, 6.45) is 1.52. The molecular weight excluding hydrogens is 337 g/mol. The number of hydrogen-bond acceptors (Lipinski definition) is 2. The Bertz CT molecular complexity index is 627. The fourth-order valence-electron chi connectivity index (χ4n) is 2.55. The third-order valence-corrected chi connectivity index (χ3v) is 3.87. The van der Waals surface area contributed by atoms with Gasteiger partial charge in [-0.2, -0.15) is 13.2 Å². The molecule has 0 bridgehead atoms. The summed E-state index contributed by atoms with van der Waals surface area (Å²) in [6, 6.07) is 8.32. The van der Waals surface area contributed by atoms with Crippen molar-refractivity contribution in [3.05, 3.63) is 65.0 Å². The third-order valence-electron chi connectivity index (χ3n) is 3.87. The van der Waals surface area contributed by atoms with Crippen LogP contribution in [0.15, 0.2) is 42.6 Å². The van der Waals surface area contributed by atoms with Crippen LogP contribution in [-0.4, -0.2) is 4.98 Å². The molecule has 0 saturated heterocycles. The van der Waals surface area contributed by atoms with Gasteiger partial charge in [-0.1, -0.05) is 38.0 Å². The van der Waals surface area contributed by atoms with Crippen molar-refractivity contribution >= 4 is 12.4 Å². The minimum absolute atomic E-state index is 0. The smallest absolute Gasteiger partial charge is 0.319 e. The average molecular weight is 359 g/mol. The number of alkyl halides is 3. The maximum Gasteiger partial charge on any atom is 0.416 e. The van der Waals surface area contributed by atoms with Crippen molar-refractivity contribution in [3.63, 3.8) is 0 Å². The minimum Gasteiger partial charge on any atom is -0.319 e. The first-order chi connectivity index (χ1) is 10.9. The van der Waals surface area contributed by atoms with Gasteiger partial charge in [0, 0.05) is 6.20 Å². The fraction of sp³-hybridized carbons (Fsp3) is 0.389. The second-order valence-corrected chi connectivity index (χ2v) is 5.60. The quantitative estimate of drug-likeness (QED) is 0.711. The Balaban J connectivity index is 0.00000288. The fourth-order valence-corrected chi connectivity index (χ4v) is 2.55. The van der Waals surface area contributed by atoms with E-state index in [0.29, 0.717) is 5.56 Å². The van der Waals surface area contributed by atoms with E-state index in [2.05, 4.69) is 11.9 Å². The van der Waals surface area contributed by atoms with Crippen LogP contribution in [0.1, 0.15) is 54.6 Å². The number of nitrogens with two attached hydrogens (primary N) is 1. The summed E-state index contributed by atoms with van der Waals surface area (Å²) in [4.78, 5) is 4.36. The Morgan fingerprint density at radius 3 is 2.33 bits per heavy atom. The highest BCUT2D eigenvalue weighted by Gasteiger charge is 2.30. The van der Waals surface area contributed by atoms with Crippen molar-refractivity contribution < 1.29 is 13.2 Å². The molecule has 24 heavy (non-hydrogen) atoms. The molecule has 0 spiro atoms. The maximum atomic E-state index is 12.6. The van der Waals surface area contributed by atoms with Crippen LogP contribution in [0.5, 0.6) is 0 Å². The molecule has 1 aromatic carbocycles. The molecule has 0 aliphatic rings. The summed E-state index contributed by atoms with van der Waals surface area (Å²) < 4.78 is 37.9. The van der Waals surface area contributed by atoms with Crippen LogP contribution in [0.4, 0.5) is 13.2 Å². The first-order valence-electron chi connectivity index (χ1n) is 7.80. The number of pyridine rings is 1. The molecule has 1 atom stereocenters. The van der Waals surface area contributed by atoms with Crippen LogP contribution in [0, 0.1) is 0 Å². The molecule has 0 unspecified atom stereocenters. The molecule has 6 heteroatoms. The summed E-state index contributed by atoms with van der Waals surface area (Å²) in [7, 11) is 0. The highest BCUT2D eigenvalue weighted by molar-refractivity contribution is 5.85. The van der Waals surface area contributed by atoms with E-state index >= 15 is 0 Å². The van der Waals surface area contributed by atoms with Crippen LogP contribution in [-0.2, 0) is 12.6 Å². The summed E-state index contributed by atoms with van der Waals surface area (Å²) in [6.45, 7) is 2.14. The SMILES string of the molecule is CCCCCc1cccnc1[C@@H](N)c1ccc(C(F)(F)F)cc1.Cl. The maximum absolute atomic E-state index is 12.6. The number of aromatic nitrogens is 1. The molecule has 132 valence electrons. The van der Waals surface area contributed by atoms with Gasteiger partial charge in [-0.15, -0.1) is 12.4 Å². The molecule has 0 aliphatic carbocycles. The van der Waals surface area contributed by atoms with Crippen LogP contribution < -0.4 is 5.73 Å². The molecule has 0 radical (unpaired) electrons. The first kappa shape index (κ1) is 20.5. The molecule has 2 nitrogen and oxygen atoms in total. The molecule has 2 N–H and O–H groups in total. The molecule has 0 fully saturated rings. The zero-order chi connectivity index (χ0) is 16.9. The molecule has 1 heterocycles. The van der Waals surface area contributed by atoms with E-state index in [4.69, 9.17) is 5.73 Å². The van der Waals surface area contributed by atoms with E-state index in [1.807, 2.05) is 12.1 Å². The lowest BCUT2D eigenvalue weighted by Crippen LogP contribution is -2.16. The lowest BCUT2D eigenvalue weighted by Gasteiger charge is -2.16. The lowest BCUT2D eigenvalue weighted by molar-refractivity contribution is -0.137. The second kappa shape index (κ2) is 9.04. The zero-order valence-electron chi connectivity index (χ0n) is 13.5. The summed E-state index contributed by atoms with van der Waals surface area (Å²) in [5.41, 5.74) is 8.00. The normalized spacial score (nSPS) is 12.5. The monoisotopic (exact) mass is 358 g/mol. The van der Waals surface area contributed by atoms with Gasteiger partial charge in [0.05, 0.1) is 17.3 Å². The molecular formula is C18H22ClF3N2. The minimum atomic E-state index is -4.33. The predicted molar refractivity (Wildman–Crippen MR) is 92.2 cm³/mol. The van der Waals surface area contributed by atoms with Gasteiger partial charge in [-0.05, 0) is 42.2 Å². The number of aryl methyl sites for hydroxylation is 1. The van der Waals surface area contributed by atoms with Crippen LogP contribution in [0.2, 0.25) is 0 Å². The summed E-state index contributed by atoms with van der Waals surface area (Å²) in [5.74, 6) is 0. The summed E-state index contributed by atoms with van der Waals surface area (Å²) >= 11 is 0. The highest BCUT2D eigenvalue weighted by atomic mass is 35.5. The number of halogens is 4. The Morgan fingerprint density at radius 1 is 1.08 bits per heavy atom. The Morgan fingerprint density at radius 2 is 1.75 bits per heavy atom. The average Bonchev–Trinajstić information content (AvgIpc) is 2.54. The van der Waals surface area contributed by atoms with Crippen molar-refractivity contribution in [2.75, 3.05) is 0 Å². The van der Waals surface area contributed by atoms with Crippen molar-refractivity contribution in [2.24, 2.45) is 5.73 Å². The van der Waals surface area contributed by atoms with Gasteiger partial charge in [0.15, 0.2) is 0 Å². The molecule has 0 saturated carbocycles. The standard InChI is InChI=1S/C18H21F3N2.ClH/c1-2-3-4-6-14-7-5-12-23-17(14)16(22)13-8-10-15(11-9-13)18(19,20)21;/h5,7-12,16H,2-4,6,22H2,1H3;1H/t16-;/m0./s1. The highest BCUT2D eigenvalue weighted by Crippen LogP contribution is 2.30. The van der Waals surface area contributed by atoms with Gasteiger partial charge in [-0.25, -0.2) is 0 Å². The third kappa shape index (κ3) is 5.21. The number of benzene rings is 1. The Kier molecular flexibility index (Phi) is 7.70. The number of rotatable bonds is 6. The predicted octanol–water partition coefficient (Wildman–Crippen LogP) is 5.30. The van der Waals surface area contributed by atoms with Gasteiger partial charge in [0.2, 0.25) is 0 Å². The van der Waals surface area contributed by atoms with E-state index in [9.17, 15) is 13.2 Å². The number of nitrogens with zero attached hydrogens (tertiary/aromatic N) is 1. The van der Waals surface area contributed by atoms with E-state index in [-0.39, 0.29) is 12.4 Å². The van der Waals surface area contributed by atoms with Crippen molar-refractivity contribution in [2.45, 2.75) is 44.8 Å². The Labute approximate surface area is 146 Å². The van der Waals surface area contributed by atoms with Gasteiger partial charge in [0.1, 0.15) is 0 Å². The van der Waals surface area contributed by atoms with E-state index < -0.39 is 17.8 Å². The van der Waals surface area contributed by atoms with Crippen LogP contribution >= 0.6 is 12.4 Å². The van der Waals surface area contributed by atoms with Crippen molar-refractivity contribution in [1.29, 1.82) is 0 Å². The van der Waals surface area contributed by atoms with Crippen LogP contribution in [0.3, 0.4) is 0 Å². The lowest BCUT2D eigenvalue weighted by atomic mass is 9.96. The molecule has 2 aromatic rings. The van der Waals surface area contributed by atoms with Gasteiger partial charge < -0.3 is 5.73 Å². The number of hydrogen-bond donors (Lipinski definition) is 1. The van der Waals surface area contributed by atoms with Gasteiger partial charge in [0.25, 0.3) is 0 Å². The van der Waals surface area contributed by atoms with Gasteiger partial charge >= 0.3 is 6.18 Å². The molecule has 1 aromatic heterocycles. The number of unbranched alkanes of at least 4 members (excludes halogenated alkanes) is 2. The van der Waals surface area contributed by atoms with E-state index in [0.717, 1.165) is 49.1 Å². The van der Waals surface area contributed by atoms with E-state index in [1.165, 1.54) is 12.1 Å². The first-order valence-corrected chi connectivity index (χ1v) is 7.80. The van der Waals surface area contributed by atoms with Gasteiger partial charge in [-0.3, -0.25) is 4.98 Å². The van der Waals surface area contributed by atoms with Crippen LogP contribution in [0.25, 0.3) is 0 Å². The second-order valence-electron chi connectivity index (χ2n) is 5.60. The van der Waals surface area contributed by atoms with Crippen molar-refractivity contribution in [1.82, 2.24) is 4.98 Å². The molecule has 0 amide bonds. The topological polar surface area (TPSA) is 38.9 Å².